The highest BCUT2D eigenvalue weighted by atomic mass is 32.1. The van der Waals surface area contributed by atoms with Gasteiger partial charge in [0.2, 0.25) is 0 Å². The lowest BCUT2D eigenvalue weighted by Crippen LogP contribution is -2.45. The average Bonchev–Trinajstić information content (AvgIpc) is 2.55. The number of piperidine rings is 1. The van der Waals surface area contributed by atoms with Crippen LogP contribution in [0.15, 0.2) is 24.3 Å². The highest BCUT2D eigenvalue weighted by Crippen LogP contribution is 2.21. The Hall–Kier alpha value is -1.62. The number of rotatable bonds is 4. The summed E-state index contributed by atoms with van der Waals surface area (Å²) in [6, 6.07) is 7.78. The number of benzene rings is 1. The number of esters is 1. The predicted molar refractivity (Wildman–Crippen MR) is 93.3 cm³/mol. The molecule has 1 fully saturated rings. The second kappa shape index (κ2) is 8.13. The van der Waals surface area contributed by atoms with Crippen LogP contribution in [0.3, 0.4) is 0 Å². The Bertz CT molecular complexity index is 516. The van der Waals surface area contributed by atoms with Gasteiger partial charge in [0, 0.05) is 18.3 Å². The van der Waals surface area contributed by atoms with E-state index in [2.05, 4.69) is 17.1 Å². The van der Waals surface area contributed by atoms with E-state index in [0.717, 1.165) is 23.8 Å². The third kappa shape index (κ3) is 4.19. The fourth-order valence-electron chi connectivity index (χ4n) is 2.79. The van der Waals surface area contributed by atoms with Gasteiger partial charge in [0.05, 0.1) is 12.2 Å². The van der Waals surface area contributed by atoms with Crippen LogP contribution in [0.5, 0.6) is 0 Å². The van der Waals surface area contributed by atoms with E-state index in [-0.39, 0.29) is 5.97 Å². The number of hydrogen-bond donors (Lipinski definition) is 1. The summed E-state index contributed by atoms with van der Waals surface area (Å²) in [6.07, 6.45) is 4.80. The summed E-state index contributed by atoms with van der Waals surface area (Å²) >= 11 is 5.55. The molecule has 0 aliphatic carbocycles. The maximum Gasteiger partial charge on any atom is 0.338 e. The second-order valence-corrected chi connectivity index (χ2v) is 5.87. The van der Waals surface area contributed by atoms with Crippen LogP contribution >= 0.6 is 12.2 Å². The van der Waals surface area contributed by atoms with Crippen LogP contribution in [-0.2, 0) is 4.74 Å². The Labute approximate surface area is 137 Å². The SMILES string of the molecule is CCOC(=O)c1ccc(NC(=S)N2CCCCC2CC)cc1. The van der Waals surface area contributed by atoms with Crippen LogP contribution < -0.4 is 5.32 Å². The summed E-state index contributed by atoms with van der Waals surface area (Å²) in [5, 5.41) is 4.05. The Morgan fingerprint density at radius 1 is 1.32 bits per heavy atom. The number of carbonyl (C=O) groups excluding carboxylic acids is 1. The van der Waals surface area contributed by atoms with Crippen molar-refractivity contribution in [1.82, 2.24) is 4.90 Å². The van der Waals surface area contributed by atoms with Crippen molar-refractivity contribution in [2.75, 3.05) is 18.5 Å². The maximum atomic E-state index is 11.6. The molecule has 1 saturated heterocycles. The van der Waals surface area contributed by atoms with E-state index in [0.29, 0.717) is 18.2 Å². The van der Waals surface area contributed by atoms with E-state index in [4.69, 9.17) is 17.0 Å². The van der Waals surface area contributed by atoms with Gasteiger partial charge in [-0.1, -0.05) is 6.92 Å². The number of nitrogens with zero attached hydrogens (tertiary/aromatic N) is 1. The summed E-state index contributed by atoms with van der Waals surface area (Å²) < 4.78 is 4.98. The minimum atomic E-state index is -0.293. The number of likely N-dealkylation sites (tertiary alicyclic amines) is 1. The van der Waals surface area contributed by atoms with Crippen molar-refractivity contribution in [1.29, 1.82) is 0 Å². The lowest BCUT2D eigenvalue weighted by Gasteiger charge is -2.37. The van der Waals surface area contributed by atoms with Gasteiger partial charge in [-0.15, -0.1) is 0 Å². The molecule has 1 heterocycles. The Morgan fingerprint density at radius 3 is 2.68 bits per heavy atom. The molecule has 1 atom stereocenters. The quantitative estimate of drug-likeness (QED) is 0.674. The molecule has 5 heteroatoms. The maximum absolute atomic E-state index is 11.6. The van der Waals surface area contributed by atoms with Gasteiger partial charge in [-0.25, -0.2) is 4.79 Å². The van der Waals surface area contributed by atoms with E-state index in [9.17, 15) is 4.79 Å². The van der Waals surface area contributed by atoms with Crippen molar-refractivity contribution < 1.29 is 9.53 Å². The minimum Gasteiger partial charge on any atom is -0.462 e. The van der Waals surface area contributed by atoms with Crippen LogP contribution in [0.4, 0.5) is 5.69 Å². The summed E-state index contributed by atoms with van der Waals surface area (Å²) in [4.78, 5) is 13.9. The molecule has 1 N–H and O–H groups in total. The molecule has 1 aromatic rings. The molecule has 1 unspecified atom stereocenters. The zero-order valence-electron chi connectivity index (χ0n) is 13.3. The van der Waals surface area contributed by atoms with E-state index in [1.165, 1.54) is 19.3 Å². The lowest BCUT2D eigenvalue weighted by molar-refractivity contribution is 0.0526. The predicted octanol–water partition coefficient (Wildman–Crippen LogP) is 3.82. The Balaban J connectivity index is 1.98. The molecule has 2 rings (SSSR count). The van der Waals surface area contributed by atoms with E-state index in [1.54, 1.807) is 19.1 Å². The topological polar surface area (TPSA) is 41.6 Å². The van der Waals surface area contributed by atoms with Crippen LogP contribution in [-0.4, -0.2) is 35.2 Å². The fraction of sp³-hybridized carbons (Fsp3) is 0.529. The molecule has 4 nitrogen and oxygen atoms in total. The number of nitrogens with one attached hydrogen (secondary N) is 1. The molecular formula is C17H24N2O2S. The van der Waals surface area contributed by atoms with Crippen LogP contribution in [0, 0.1) is 0 Å². The molecule has 0 amide bonds. The smallest absolute Gasteiger partial charge is 0.338 e. The molecular weight excluding hydrogens is 296 g/mol. The molecule has 0 saturated carbocycles. The van der Waals surface area contributed by atoms with Crippen LogP contribution in [0.2, 0.25) is 0 Å². The molecule has 120 valence electrons. The summed E-state index contributed by atoms with van der Waals surface area (Å²) in [7, 11) is 0. The summed E-state index contributed by atoms with van der Waals surface area (Å²) in [5.74, 6) is -0.293. The molecule has 22 heavy (non-hydrogen) atoms. The second-order valence-electron chi connectivity index (χ2n) is 5.48. The third-order valence-electron chi connectivity index (χ3n) is 4.01. The van der Waals surface area contributed by atoms with E-state index >= 15 is 0 Å². The third-order valence-corrected chi connectivity index (χ3v) is 4.34. The minimum absolute atomic E-state index is 0.293. The van der Waals surface area contributed by atoms with Gasteiger partial charge in [-0.3, -0.25) is 0 Å². The van der Waals surface area contributed by atoms with E-state index < -0.39 is 0 Å². The Morgan fingerprint density at radius 2 is 2.05 bits per heavy atom. The monoisotopic (exact) mass is 320 g/mol. The molecule has 0 radical (unpaired) electrons. The molecule has 1 aliphatic heterocycles. The van der Waals surface area contributed by atoms with Gasteiger partial charge < -0.3 is 15.0 Å². The van der Waals surface area contributed by atoms with Gasteiger partial charge in [-0.05, 0) is 69.1 Å². The van der Waals surface area contributed by atoms with Crippen molar-refractivity contribution >= 4 is 29.0 Å². The first-order chi connectivity index (χ1) is 10.7. The molecule has 1 aromatic carbocycles. The fourth-order valence-corrected chi connectivity index (χ4v) is 3.15. The lowest BCUT2D eigenvalue weighted by atomic mass is 10.0. The summed E-state index contributed by atoms with van der Waals surface area (Å²) in [5.41, 5.74) is 1.46. The standard InChI is InChI=1S/C17H24N2O2S/c1-3-15-7-5-6-12-19(15)17(22)18-14-10-8-13(9-11-14)16(20)21-4-2/h8-11,15H,3-7,12H2,1-2H3,(H,18,22). The van der Waals surface area contributed by atoms with Crippen molar-refractivity contribution in [3.63, 3.8) is 0 Å². The largest absolute Gasteiger partial charge is 0.462 e. The molecule has 0 bridgehead atoms. The van der Waals surface area contributed by atoms with Crippen molar-refractivity contribution in [3.05, 3.63) is 29.8 Å². The number of carbonyl (C=O) groups is 1. The zero-order valence-corrected chi connectivity index (χ0v) is 14.1. The summed E-state index contributed by atoms with van der Waals surface area (Å²) in [6.45, 7) is 5.41. The number of thiocarbonyl (C=S) groups is 1. The van der Waals surface area contributed by atoms with Gasteiger partial charge in [0.1, 0.15) is 0 Å². The van der Waals surface area contributed by atoms with Crippen molar-refractivity contribution in [3.8, 4) is 0 Å². The average molecular weight is 320 g/mol. The van der Waals surface area contributed by atoms with Gasteiger partial charge in [0.25, 0.3) is 0 Å². The normalized spacial score (nSPS) is 17.9. The van der Waals surface area contributed by atoms with Gasteiger partial charge in [0.15, 0.2) is 5.11 Å². The first kappa shape index (κ1) is 16.7. The van der Waals surface area contributed by atoms with Crippen LogP contribution in [0.1, 0.15) is 49.9 Å². The zero-order chi connectivity index (χ0) is 15.9. The van der Waals surface area contributed by atoms with E-state index in [1.807, 2.05) is 12.1 Å². The highest BCUT2D eigenvalue weighted by Gasteiger charge is 2.22. The van der Waals surface area contributed by atoms with Gasteiger partial charge >= 0.3 is 5.97 Å². The van der Waals surface area contributed by atoms with Crippen LogP contribution in [0.25, 0.3) is 0 Å². The molecule has 0 aromatic heterocycles. The first-order valence-corrected chi connectivity index (χ1v) is 8.41. The Kier molecular flexibility index (Phi) is 6.19. The molecule has 0 spiro atoms. The van der Waals surface area contributed by atoms with Crippen molar-refractivity contribution in [2.45, 2.75) is 45.6 Å². The van der Waals surface area contributed by atoms with Crippen molar-refractivity contribution in [2.24, 2.45) is 0 Å². The molecule has 1 aliphatic rings. The van der Waals surface area contributed by atoms with Gasteiger partial charge in [-0.2, -0.15) is 0 Å². The first-order valence-electron chi connectivity index (χ1n) is 8.00. The number of hydrogen-bond acceptors (Lipinski definition) is 3. The highest BCUT2D eigenvalue weighted by molar-refractivity contribution is 7.80. The number of ether oxygens (including phenoxy) is 1. The number of anilines is 1.